The van der Waals surface area contributed by atoms with Crippen molar-refractivity contribution in [3.63, 3.8) is 0 Å². The third-order valence-electron chi connectivity index (χ3n) is 4.88. The molecule has 8 heteroatoms. The van der Waals surface area contributed by atoms with Crippen LogP contribution >= 0.6 is 23.2 Å². The molecule has 1 aromatic rings. The van der Waals surface area contributed by atoms with Crippen LogP contribution in [0.1, 0.15) is 11.5 Å². The quantitative estimate of drug-likeness (QED) is 0.837. The first-order chi connectivity index (χ1) is 11.0. The lowest BCUT2D eigenvalue weighted by atomic mass is 9.94. The lowest BCUT2D eigenvalue weighted by Crippen LogP contribution is -2.38. The van der Waals surface area contributed by atoms with Crippen LogP contribution in [-0.4, -0.2) is 25.0 Å². The summed E-state index contributed by atoms with van der Waals surface area (Å²) in [5.41, 5.74) is 3.97. The third-order valence-corrected chi connectivity index (χ3v) is 5.44. The first-order valence-corrected chi connectivity index (χ1v) is 7.66. The standard InChI is InChI=1S/C15H10Cl2N4O2/c16-8-1-2-9(10(17)5-8)11-13(6-18)12(20)21-15(14(11,13)7-19)22-3-4-23-15/h1-2,5,11H,3-4H2,(H2,20,21). The lowest BCUT2D eigenvalue weighted by molar-refractivity contribution is -0.184. The van der Waals surface area contributed by atoms with E-state index in [-0.39, 0.29) is 19.0 Å². The highest BCUT2D eigenvalue weighted by molar-refractivity contribution is 6.35. The van der Waals surface area contributed by atoms with Crippen molar-refractivity contribution in [2.45, 2.75) is 11.8 Å². The summed E-state index contributed by atoms with van der Waals surface area (Å²) in [7, 11) is 0. The van der Waals surface area contributed by atoms with Crippen LogP contribution < -0.4 is 5.73 Å². The smallest absolute Gasteiger partial charge is 0.293 e. The summed E-state index contributed by atoms with van der Waals surface area (Å²) < 4.78 is 11.3. The van der Waals surface area contributed by atoms with Crippen LogP contribution in [0.15, 0.2) is 23.2 Å². The molecule has 3 atom stereocenters. The van der Waals surface area contributed by atoms with E-state index in [1.807, 2.05) is 0 Å². The molecule has 0 amide bonds. The zero-order chi connectivity index (χ0) is 16.5. The van der Waals surface area contributed by atoms with Gasteiger partial charge in [-0.05, 0) is 17.7 Å². The van der Waals surface area contributed by atoms with Gasteiger partial charge < -0.3 is 15.2 Å². The van der Waals surface area contributed by atoms with E-state index in [1.165, 1.54) is 0 Å². The number of fused-ring (bicyclic) bond motifs is 2. The molecule has 2 fully saturated rings. The van der Waals surface area contributed by atoms with Crippen LogP contribution in [0.2, 0.25) is 10.0 Å². The van der Waals surface area contributed by atoms with Crippen molar-refractivity contribution in [3.05, 3.63) is 33.8 Å². The molecule has 3 unspecified atom stereocenters. The zero-order valence-electron chi connectivity index (χ0n) is 11.7. The number of aliphatic imine (C=N–C) groups is 1. The first kappa shape index (κ1) is 14.7. The molecule has 0 bridgehead atoms. The van der Waals surface area contributed by atoms with Crippen LogP contribution in [0.5, 0.6) is 0 Å². The van der Waals surface area contributed by atoms with Gasteiger partial charge in [0.05, 0.1) is 25.4 Å². The Morgan fingerprint density at radius 1 is 1.22 bits per heavy atom. The number of nitriles is 2. The van der Waals surface area contributed by atoms with E-state index in [0.717, 1.165) is 0 Å². The van der Waals surface area contributed by atoms with E-state index in [2.05, 4.69) is 17.1 Å². The molecular weight excluding hydrogens is 339 g/mol. The summed E-state index contributed by atoms with van der Waals surface area (Å²) in [5.74, 6) is -2.10. The van der Waals surface area contributed by atoms with Gasteiger partial charge in [-0.3, -0.25) is 0 Å². The maximum Gasteiger partial charge on any atom is 0.293 e. The van der Waals surface area contributed by atoms with Crippen LogP contribution in [0.4, 0.5) is 0 Å². The minimum absolute atomic E-state index is 0.0412. The molecule has 1 saturated heterocycles. The maximum atomic E-state index is 9.92. The number of amidine groups is 1. The second kappa shape index (κ2) is 4.37. The van der Waals surface area contributed by atoms with Crippen LogP contribution in [0.25, 0.3) is 0 Å². The molecule has 1 spiro atoms. The molecule has 0 radical (unpaired) electrons. The number of nitrogens with two attached hydrogens (primary N) is 1. The van der Waals surface area contributed by atoms with Crippen LogP contribution in [0.3, 0.4) is 0 Å². The second-order valence-corrected chi connectivity index (χ2v) is 6.56. The molecule has 3 aliphatic rings. The van der Waals surface area contributed by atoms with E-state index >= 15 is 0 Å². The van der Waals surface area contributed by atoms with Gasteiger partial charge in [0.1, 0.15) is 11.3 Å². The van der Waals surface area contributed by atoms with Gasteiger partial charge in [0.25, 0.3) is 5.91 Å². The van der Waals surface area contributed by atoms with Crippen molar-refractivity contribution in [1.82, 2.24) is 0 Å². The minimum atomic E-state index is -1.55. The molecule has 6 nitrogen and oxygen atoms in total. The molecule has 2 aliphatic heterocycles. The molecule has 23 heavy (non-hydrogen) atoms. The number of ether oxygens (including phenoxy) is 2. The predicted molar refractivity (Wildman–Crippen MR) is 81.6 cm³/mol. The fraction of sp³-hybridized carbons (Fsp3) is 0.400. The van der Waals surface area contributed by atoms with Gasteiger partial charge in [0.15, 0.2) is 5.41 Å². The van der Waals surface area contributed by atoms with Crippen LogP contribution in [0, 0.1) is 33.5 Å². The van der Waals surface area contributed by atoms with Gasteiger partial charge in [0.2, 0.25) is 0 Å². The van der Waals surface area contributed by atoms with Gasteiger partial charge in [0, 0.05) is 16.0 Å². The van der Waals surface area contributed by atoms with E-state index in [1.54, 1.807) is 18.2 Å². The van der Waals surface area contributed by atoms with Gasteiger partial charge in [-0.1, -0.05) is 29.3 Å². The molecule has 2 heterocycles. The monoisotopic (exact) mass is 348 g/mol. The highest BCUT2D eigenvalue weighted by Gasteiger charge is 2.94. The molecule has 116 valence electrons. The summed E-state index contributed by atoms with van der Waals surface area (Å²) in [4.78, 5) is 4.20. The molecular formula is C15H10Cl2N4O2. The van der Waals surface area contributed by atoms with Crippen molar-refractivity contribution in [2.75, 3.05) is 13.2 Å². The third kappa shape index (κ3) is 1.39. The summed E-state index contributed by atoms with van der Waals surface area (Å²) in [6.45, 7) is 0.561. The van der Waals surface area contributed by atoms with Crippen molar-refractivity contribution in [2.24, 2.45) is 21.6 Å². The Kier molecular flexibility index (Phi) is 2.80. The Bertz CT molecular complexity index is 837. The average Bonchev–Trinajstić information content (AvgIpc) is 2.77. The first-order valence-electron chi connectivity index (χ1n) is 6.90. The molecule has 1 aromatic carbocycles. The van der Waals surface area contributed by atoms with Crippen molar-refractivity contribution >= 4 is 29.0 Å². The summed E-state index contributed by atoms with van der Waals surface area (Å²) in [6, 6.07) is 9.29. The van der Waals surface area contributed by atoms with Gasteiger partial charge >= 0.3 is 0 Å². The summed E-state index contributed by atoms with van der Waals surface area (Å²) in [6.07, 6.45) is 0. The molecule has 1 saturated carbocycles. The molecule has 2 N–H and O–H groups in total. The zero-order valence-corrected chi connectivity index (χ0v) is 13.2. The summed E-state index contributed by atoms with van der Waals surface area (Å²) >= 11 is 12.2. The Morgan fingerprint density at radius 2 is 1.91 bits per heavy atom. The van der Waals surface area contributed by atoms with Crippen molar-refractivity contribution in [3.8, 4) is 12.1 Å². The number of nitrogens with zero attached hydrogens (tertiary/aromatic N) is 3. The van der Waals surface area contributed by atoms with Gasteiger partial charge in [-0.2, -0.15) is 10.5 Å². The van der Waals surface area contributed by atoms with Gasteiger partial charge in [-0.25, -0.2) is 4.99 Å². The SMILES string of the molecule is N#CC12C(N)=NC3(OCCO3)C1(C#N)C2c1ccc(Cl)cc1Cl. The average molecular weight is 349 g/mol. The van der Waals surface area contributed by atoms with Crippen molar-refractivity contribution < 1.29 is 9.47 Å². The normalized spacial score (nSPS) is 36.2. The highest BCUT2D eigenvalue weighted by Crippen LogP contribution is 2.82. The highest BCUT2D eigenvalue weighted by atomic mass is 35.5. The number of hydrogen-bond donors (Lipinski definition) is 1. The topological polar surface area (TPSA) is 104 Å². The fourth-order valence-electron chi connectivity index (χ4n) is 3.92. The number of rotatable bonds is 1. The summed E-state index contributed by atoms with van der Waals surface area (Å²) in [5, 5.41) is 20.6. The van der Waals surface area contributed by atoms with Crippen molar-refractivity contribution in [1.29, 1.82) is 10.5 Å². The predicted octanol–water partition coefficient (Wildman–Crippen LogP) is 2.18. The minimum Gasteiger partial charge on any atom is -0.386 e. The molecule has 1 aliphatic carbocycles. The fourth-order valence-corrected chi connectivity index (χ4v) is 4.44. The number of hydrogen-bond acceptors (Lipinski definition) is 6. The van der Waals surface area contributed by atoms with Gasteiger partial charge in [-0.15, -0.1) is 0 Å². The number of halogens is 2. The van der Waals surface area contributed by atoms with Crippen LogP contribution in [-0.2, 0) is 9.47 Å². The van der Waals surface area contributed by atoms with E-state index < -0.39 is 22.7 Å². The Hall–Kier alpha value is -1.83. The second-order valence-electron chi connectivity index (χ2n) is 5.71. The van der Waals surface area contributed by atoms with E-state index in [9.17, 15) is 10.5 Å². The lowest BCUT2D eigenvalue weighted by Gasteiger charge is -2.25. The Morgan fingerprint density at radius 3 is 2.48 bits per heavy atom. The van der Waals surface area contributed by atoms with E-state index in [4.69, 9.17) is 38.4 Å². The Labute approximate surface area is 142 Å². The maximum absolute atomic E-state index is 9.92. The Balaban J connectivity index is 1.95. The molecule has 0 aromatic heterocycles. The largest absolute Gasteiger partial charge is 0.386 e. The van der Waals surface area contributed by atoms with E-state index in [0.29, 0.717) is 15.6 Å². The number of benzene rings is 1. The molecule has 4 rings (SSSR count).